The first-order valence-corrected chi connectivity index (χ1v) is 9.78. The molecule has 0 heterocycles. The molecule has 0 amide bonds. The normalized spacial score (nSPS) is 11.9. The average molecular weight is 349 g/mol. The fraction of sp³-hybridized carbons (Fsp3) is 0.250. The van der Waals surface area contributed by atoms with E-state index in [1.54, 1.807) is 36.0 Å². The summed E-state index contributed by atoms with van der Waals surface area (Å²) in [5, 5.41) is 8.29. The van der Waals surface area contributed by atoms with Crippen LogP contribution in [0.2, 0.25) is 0 Å². The maximum absolute atomic E-state index is 11.5. The first-order chi connectivity index (χ1) is 11.1. The Hall–Kier alpha value is -1.70. The van der Waals surface area contributed by atoms with Crippen LogP contribution in [0.5, 0.6) is 0 Å². The SMILES string of the molecule is CNS(=O)(=O)Cc1ccc(N=NCCSc2ccccc2)cc1. The van der Waals surface area contributed by atoms with Gasteiger partial charge in [-0.05, 0) is 36.9 Å². The molecule has 0 unspecified atom stereocenters. The van der Waals surface area contributed by atoms with Gasteiger partial charge < -0.3 is 0 Å². The van der Waals surface area contributed by atoms with Crippen molar-refractivity contribution in [1.82, 2.24) is 4.72 Å². The van der Waals surface area contributed by atoms with Crippen molar-refractivity contribution in [3.63, 3.8) is 0 Å². The lowest BCUT2D eigenvalue weighted by molar-refractivity contribution is 0.587. The molecular weight excluding hydrogens is 330 g/mol. The Morgan fingerprint density at radius 2 is 1.74 bits per heavy atom. The van der Waals surface area contributed by atoms with E-state index in [0.717, 1.165) is 17.0 Å². The lowest BCUT2D eigenvalue weighted by Crippen LogP contribution is -2.20. The summed E-state index contributed by atoms with van der Waals surface area (Å²) in [4.78, 5) is 1.22. The van der Waals surface area contributed by atoms with Crippen molar-refractivity contribution in [2.75, 3.05) is 19.3 Å². The van der Waals surface area contributed by atoms with Gasteiger partial charge in [0.2, 0.25) is 10.0 Å². The number of hydrogen-bond donors (Lipinski definition) is 1. The van der Waals surface area contributed by atoms with Gasteiger partial charge in [-0.1, -0.05) is 30.3 Å². The Balaban J connectivity index is 1.79. The number of nitrogens with one attached hydrogen (secondary N) is 1. The van der Waals surface area contributed by atoms with Gasteiger partial charge in [-0.3, -0.25) is 0 Å². The molecule has 0 fully saturated rings. The smallest absolute Gasteiger partial charge is 0.215 e. The van der Waals surface area contributed by atoms with Crippen molar-refractivity contribution in [3.05, 3.63) is 60.2 Å². The lowest BCUT2D eigenvalue weighted by Gasteiger charge is -2.02. The van der Waals surface area contributed by atoms with E-state index in [1.165, 1.54) is 11.9 Å². The fourth-order valence-corrected chi connectivity index (χ4v) is 3.34. The Bertz CT molecular complexity index is 730. The number of hydrogen-bond acceptors (Lipinski definition) is 5. The minimum atomic E-state index is -3.24. The molecule has 0 aliphatic heterocycles. The van der Waals surface area contributed by atoms with Crippen LogP contribution in [0.25, 0.3) is 0 Å². The molecule has 0 bridgehead atoms. The predicted molar refractivity (Wildman–Crippen MR) is 94.7 cm³/mol. The van der Waals surface area contributed by atoms with Crippen molar-refractivity contribution in [2.45, 2.75) is 10.6 Å². The van der Waals surface area contributed by atoms with E-state index in [9.17, 15) is 8.42 Å². The minimum absolute atomic E-state index is 0.0331. The summed E-state index contributed by atoms with van der Waals surface area (Å²) in [6.45, 7) is 0.634. The zero-order chi connectivity index (χ0) is 16.5. The molecule has 0 radical (unpaired) electrons. The number of nitrogens with zero attached hydrogens (tertiary/aromatic N) is 2. The number of rotatable bonds is 8. The average Bonchev–Trinajstić information content (AvgIpc) is 2.57. The second-order valence-electron chi connectivity index (χ2n) is 4.76. The highest BCUT2D eigenvalue weighted by Crippen LogP contribution is 2.18. The van der Waals surface area contributed by atoms with E-state index in [1.807, 2.05) is 18.2 Å². The van der Waals surface area contributed by atoms with Gasteiger partial charge in [-0.15, -0.1) is 11.8 Å². The van der Waals surface area contributed by atoms with Crippen LogP contribution in [-0.2, 0) is 15.8 Å². The largest absolute Gasteiger partial charge is 0.218 e. The van der Waals surface area contributed by atoms with Crippen molar-refractivity contribution in [3.8, 4) is 0 Å². The molecule has 0 saturated heterocycles. The van der Waals surface area contributed by atoms with Crippen LogP contribution in [0.1, 0.15) is 5.56 Å². The third-order valence-corrected chi connectivity index (χ3v) is 5.32. The molecule has 122 valence electrons. The first-order valence-electron chi connectivity index (χ1n) is 7.14. The highest BCUT2D eigenvalue weighted by molar-refractivity contribution is 7.99. The lowest BCUT2D eigenvalue weighted by atomic mass is 10.2. The summed E-state index contributed by atoms with van der Waals surface area (Å²) < 4.78 is 25.2. The number of sulfonamides is 1. The molecule has 2 aromatic rings. The molecule has 0 aromatic heterocycles. The molecule has 2 rings (SSSR count). The molecule has 23 heavy (non-hydrogen) atoms. The molecule has 0 aliphatic rings. The molecule has 0 atom stereocenters. The molecule has 2 aromatic carbocycles. The second-order valence-corrected chi connectivity index (χ2v) is 7.85. The van der Waals surface area contributed by atoms with E-state index in [0.29, 0.717) is 6.54 Å². The zero-order valence-electron chi connectivity index (χ0n) is 12.8. The Morgan fingerprint density at radius 3 is 2.39 bits per heavy atom. The molecule has 0 saturated carbocycles. The number of azo groups is 1. The summed E-state index contributed by atoms with van der Waals surface area (Å²) in [5.74, 6) is 0.834. The van der Waals surface area contributed by atoms with E-state index in [4.69, 9.17) is 0 Å². The van der Waals surface area contributed by atoms with E-state index < -0.39 is 10.0 Å². The van der Waals surface area contributed by atoms with E-state index in [-0.39, 0.29) is 5.75 Å². The third-order valence-electron chi connectivity index (χ3n) is 2.99. The van der Waals surface area contributed by atoms with Crippen molar-refractivity contribution < 1.29 is 8.42 Å². The van der Waals surface area contributed by atoms with Gasteiger partial charge in [0.05, 0.1) is 18.0 Å². The molecule has 5 nitrogen and oxygen atoms in total. The number of benzene rings is 2. The third kappa shape index (κ3) is 6.52. The summed E-state index contributed by atoms with van der Waals surface area (Å²) in [7, 11) is -1.83. The maximum atomic E-state index is 11.5. The molecular formula is C16H19N3O2S2. The van der Waals surface area contributed by atoms with Crippen LogP contribution in [0.4, 0.5) is 5.69 Å². The number of thioether (sulfide) groups is 1. The van der Waals surface area contributed by atoms with Gasteiger partial charge in [0.15, 0.2) is 0 Å². The summed E-state index contributed by atoms with van der Waals surface area (Å²) >= 11 is 1.74. The maximum Gasteiger partial charge on any atom is 0.215 e. The Morgan fingerprint density at radius 1 is 1.04 bits per heavy atom. The fourth-order valence-electron chi connectivity index (χ4n) is 1.80. The molecule has 0 aliphatic carbocycles. The van der Waals surface area contributed by atoms with Gasteiger partial charge in [-0.2, -0.15) is 10.2 Å². The second kappa shape index (κ2) is 8.81. The van der Waals surface area contributed by atoms with Gasteiger partial charge in [0.1, 0.15) is 0 Å². The summed E-state index contributed by atoms with van der Waals surface area (Å²) in [6.07, 6.45) is 0. The van der Waals surface area contributed by atoms with Crippen molar-refractivity contribution >= 4 is 27.5 Å². The molecule has 1 N–H and O–H groups in total. The van der Waals surface area contributed by atoms with Crippen LogP contribution in [0.15, 0.2) is 69.7 Å². The van der Waals surface area contributed by atoms with Crippen molar-refractivity contribution in [2.24, 2.45) is 10.2 Å². The zero-order valence-corrected chi connectivity index (χ0v) is 14.5. The van der Waals surface area contributed by atoms with Crippen LogP contribution in [0.3, 0.4) is 0 Å². The van der Waals surface area contributed by atoms with Crippen LogP contribution >= 0.6 is 11.8 Å². The van der Waals surface area contributed by atoms with Gasteiger partial charge in [0, 0.05) is 10.6 Å². The monoisotopic (exact) mass is 349 g/mol. The predicted octanol–water partition coefficient (Wildman–Crippen LogP) is 3.61. The van der Waals surface area contributed by atoms with Crippen LogP contribution in [0, 0.1) is 0 Å². The van der Waals surface area contributed by atoms with Crippen LogP contribution in [-0.4, -0.2) is 27.8 Å². The van der Waals surface area contributed by atoms with Gasteiger partial charge in [-0.25, -0.2) is 13.1 Å². The standard InChI is InChI=1S/C16H19N3O2S2/c1-17-23(20,21)13-14-7-9-15(10-8-14)19-18-11-12-22-16-5-3-2-4-6-16/h2-10,17H,11-13H2,1H3. The highest BCUT2D eigenvalue weighted by Gasteiger charge is 2.07. The van der Waals surface area contributed by atoms with Gasteiger partial charge >= 0.3 is 0 Å². The topological polar surface area (TPSA) is 70.9 Å². The van der Waals surface area contributed by atoms with Crippen molar-refractivity contribution in [1.29, 1.82) is 0 Å². The first kappa shape index (κ1) is 17.7. The van der Waals surface area contributed by atoms with Crippen LogP contribution < -0.4 is 4.72 Å². The molecule has 7 heteroatoms. The van der Waals surface area contributed by atoms with E-state index >= 15 is 0 Å². The summed E-state index contributed by atoms with van der Waals surface area (Å²) in [6, 6.07) is 17.2. The van der Waals surface area contributed by atoms with Gasteiger partial charge in [0.25, 0.3) is 0 Å². The minimum Gasteiger partial charge on any atom is -0.218 e. The quantitative estimate of drug-likeness (QED) is 0.449. The van der Waals surface area contributed by atoms with E-state index in [2.05, 4.69) is 27.1 Å². The Labute approximate surface area is 141 Å². The summed E-state index contributed by atoms with van der Waals surface area (Å²) in [5.41, 5.74) is 1.44. The highest BCUT2D eigenvalue weighted by atomic mass is 32.2. The molecule has 0 spiro atoms. The Kier molecular flexibility index (Phi) is 6.76.